The predicted molar refractivity (Wildman–Crippen MR) is 98.5 cm³/mol. The van der Waals surface area contributed by atoms with Crippen molar-refractivity contribution in [2.45, 2.75) is 13.8 Å². The van der Waals surface area contributed by atoms with Gasteiger partial charge in [0, 0.05) is 29.8 Å². The van der Waals surface area contributed by atoms with E-state index in [2.05, 4.69) is 20.6 Å². The van der Waals surface area contributed by atoms with Gasteiger partial charge in [0.2, 0.25) is 5.91 Å². The Morgan fingerprint density at radius 1 is 1.25 bits per heavy atom. The maximum absolute atomic E-state index is 11.1. The number of benzene rings is 1. The zero-order valence-electron chi connectivity index (χ0n) is 13.4. The summed E-state index contributed by atoms with van der Waals surface area (Å²) in [4.78, 5) is 22.0. The van der Waals surface area contributed by atoms with Gasteiger partial charge in [0.1, 0.15) is 5.75 Å². The topological polar surface area (TPSA) is 76.1 Å². The molecule has 0 saturated heterocycles. The molecule has 24 heavy (non-hydrogen) atoms. The summed E-state index contributed by atoms with van der Waals surface area (Å²) in [5.41, 5.74) is 1.79. The van der Waals surface area contributed by atoms with Crippen LogP contribution in [-0.2, 0) is 4.79 Å². The molecule has 1 amide bonds. The number of thiazole rings is 2. The zero-order valence-corrected chi connectivity index (χ0v) is 15.0. The molecule has 0 atom stereocenters. The highest BCUT2D eigenvalue weighted by Gasteiger charge is 2.14. The molecule has 0 aliphatic rings. The number of carbonyl (C=O) groups excluding carboxylic acids is 1. The van der Waals surface area contributed by atoms with Gasteiger partial charge in [0.15, 0.2) is 10.3 Å². The summed E-state index contributed by atoms with van der Waals surface area (Å²) in [6, 6.07) is 7.69. The van der Waals surface area contributed by atoms with Crippen LogP contribution < -0.4 is 15.4 Å². The van der Waals surface area contributed by atoms with Crippen molar-refractivity contribution in [3.63, 3.8) is 0 Å². The lowest BCUT2D eigenvalue weighted by molar-refractivity contribution is -0.114. The van der Waals surface area contributed by atoms with E-state index in [-0.39, 0.29) is 5.91 Å². The quantitative estimate of drug-likeness (QED) is 0.710. The molecule has 8 heteroatoms. The minimum atomic E-state index is -0.133. The average Bonchev–Trinajstić information content (AvgIpc) is 3.13. The van der Waals surface area contributed by atoms with Crippen molar-refractivity contribution >= 4 is 44.5 Å². The van der Waals surface area contributed by atoms with Crippen molar-refractivity contribution in [2.75, 3.05) is 17.7 Å². The van der Waals surface area contributed by atoms with E-state index < -0.39 is 0 Å². The number of nitrogens with one attached hydrogen (secondary N) is 2. The molecular weight excluding hydrogens is 344 g/mol. The summed E-state index contributed by atoms with van der Waals surface area (Å²) >= 11 is 2.98. The Balaban J connectivity index is 1.82. The molecule has 2 N–H and O–H groups in total. The highest BCUT2D eigenvalue weighted by molar-refractivity contribution is 7.20. The fraction of sp³-hybridized carbons (Fsp3) is 0.188. The summed E-state index contributed by atoms with van der Waals surface area (Å²) in [6.07, 6.45) is 1.73. The molecular formula is C16H16N4O2S2. The first-order valence-electron chi connectivity index (χ1n) is 7.17. The summed E-state index contributed by atoms with van der Waals surface area (Å²) < 4.78 is 5.23. The van der Waals surface area contributed by atoms with E-state index in [1.54, 1.807) is 24.6 Å². The maximum Gasteiger partial charge on any atom is 0.223 e. The Labute approximate surface area is 147 Å². The van der Waals surface area contributed by atoms with Crippen LogP contribution in [0.1, 0.15) is 11.8 Å². The minimum absolute atomic E-state index is 0.133. The molecule has 0 spiro atoms. The third kappa shape index (κ3) is 3.72. The molecule has 0 fully saturated rings. The number of aryl methyl sites for hydroxylation is 1. The molecule has 0 saturated carbocycles. The third-order valence-corrected chi connectivity index (χ3v) is 4.95. The Bertz CT molecular complexity index is 873. The summed E-state index contributed by atoms with van der Waals surface area (Å²) in [6.45, 7) is 3.48. The van der Waals surface area contributed by atoms with E-state index >= 15 is 0 Å². The van der Waals surface area contributed by atoms with Crippen LogP contribution in [0.3, 0.4) is 0 Å². The van der Waals surface area contributed by atoms with Gasteiger partial charge in [-0.25, -0.2) is 9.97 Å². The normalized spacial score (nSPS) is 10.5. The van der Waals surface area contributed by atoms with Crippen LogP contribution in [0, 0.1) is 6.92 Å². The Morgan fingerprint density at radius 3 is 2.83 bits per heavy atom. The summed E-state index contributed by atoms with van der Waals surface area (Å²) in [5.74, 6) is 0.655. The lowest BCUT2D eigenvalue weighted by Crippen LogP contribution is -2.04. The first kappa shape index (κ1) is 16.4. The number of methoxy groups -OCH3 is 1. The molecule has 6 nitrogen and oxygen atoms in total. The molecule has 0 aliphatic heterocycles. The van der Waals surface area contributed by atoms with Crippen LogP contribution in [-0.4, -0.2) is 23.0 Å². The average molecular weight is 360 g/mol. The molecule has 2 aromatic heterocycles. The Morgan fingerprint density at radius 2 is 2.08 bits per heavy atom. The zero-order chi connectivity index (χ0) is 17.1. The number of hydrogen-bond acceptors (Lipinski definition) is 7. The van der Waals surface area contributed by atoms with Crippen LogP contribution in [0.5, 0.6) is 5.75 Å². The van der Waals surface area contributed by atoms with Crippen LogP contribution in [0.25, 0.3) is 10.6 Å². The van der Waals surface area contributed by atoms with Crippen LogP contribution >= 0.6 is 22.7 Å². The largest absolute Gasteiger partial charge is 0.497 e. The van der Waals surface area contributed by atoms with E-state index in [0.717, 1.165) is 32.0 Å². The van der Waals surface area contributed by atoms with E-state index in [1.807, 2.05) is 31.2 Å². The van der Waals surface area contributed by atoms with Crippen LogP contribution in [0.15, 0.2) is 30.5 Å². The number of aromatic nitrogens is 2. The van der Waals surface area contributed by atoms with E-state index in [9.17, 15) is 4.79 Å². The third-order valence-electron chi connectivity index (χ3n) is 3.14. The van der Waals surface area contributed by atoms with Gasteiger partial charge in [0.25, 0.3) is 0 Å². The Kier molecular flexibility index (Phi) is 4.77. The Hall–Kier alpha value is -2.45. The van der Waals surface area contributed by atoms with Crippen LogP contribution in [0.4, 0.5) is 16.0 Å². The number of amides is 1. The number of anilines is 3. The monoisotopic (exact) mass is 360 g/mol. The van der Waals surface area contributed by atoms with Gasteiger partial charge >= 0.3 is 0 Å². The molecule has 0 bridgehead atoms. The lowest BCUT2D eigenvalue weighted by atomic mass is 10.3. The number of nitrogens with zero attached hydrogens (tertiary/aromatic N) is 2. The van der Waals surface area contributed by atoms with Crippen molar-refractivity contribution in [3.05, 3.63) is 35.3 Å². The molecule has 124 valence electrons. The smallest absolute Gasteiger partial charge is 0.223 e. The summed E-state index contributed by atoms with van der Waals surface area (Å²) in [7, 11) is 1.64. The van der Waals surface area contributed by atoms with E-state index in [4.69, 9.17) is 4.74 Å². The van der Waals surface area contributed by atoms with Gasteiger partial charge in [-0.2, -0.15) is 0 Å². The van der Waals surface area contributed by atoms with Gasteiger partial charge in [-0.05, 0) is 19.1 Å². The fourth-order valence-electron chi connectivity index (χ4n) is 2.09. The number of carbonyl (C=O) groups is 1. The van der Waals surface area contributed by atoms with E-state index in [1.165, 1.54) is 18.3 Å². The van der Waals surface area contributed by atoms with Crippen molar-refractivity contribution < 1.29 is 9.53 Å². The second-order valence-corrected chi connectivity index (χ2v) is 7.23. The van der Waals surface area contributed by atoms with E-state index in [0.29, 0.717) is 5.13 Å². The van der Waals surface area contributed by atoms with Crippen molar-refractivity contribution in [3.8, 4) is 16.3 Å². The van der Waals surface area contributed by atoms with Gasteiger partial charge in [-0.15, -0.1) is 11.3 Å². The standard InChI is InChI=1S/C16H16N4O2S2/c1-9-14(13-8-17-15(24-13)18-10(2)21)20-16(23-9)19-11-5-4-6-12(7-11)22-3/h4-8H,1-3H3,(H,19,20)(H,17,18,21). The van der Waals surface area contributed by atoms with Gasteiger partial charge in [-0.3, -0.25) is 4.79 Å². The van der Waals surface area contributed by atoms with Gasteiger partial charge in [0.05, 0.1) is 17.7 Å². The first-order chi connectivity index (χ1) is 11.5. The number of hydrogen-bond donors (Lipinski definition) is 2. The lowest BCUT2D eigenvalue weighted by Gasteiger charge is -2.04. The van der Waals surface area contributed by atoms with Crippen molar-refractivity contribution in [1.82, 2.24) is 9.97 Å². The molecule has 0 unspecified atom stereocenters. The molecule has 2 heterocycles. The van der Waals surface area contributed by atoms with Gasteiger partial charge < -0.3 is 15.4 Å². The molecule has 0 aliphatic carbocycles. The first-order valence-corrected chi connectivity index (χ1v) is 8.81. The highest BCUT2D eigenvalue weighted by Crippen LogP contribution is 2.36. The molecule has 3 aromatic rings. The maximum atomic E-state index is 11.1. The van der Waals surface area contributed by atoms with Crippen LogP contribution in [0.2, 0.25) is 0 Å². The second-order valence-electron chi connectivity index (χ2n) is 4.99. The highest BCUT2D eigenvalue weighted by atomic mass is 32.1. The number of ether oxygens (including phenoxy) is 1. The minimum Gasteiger partial charge on any atom is -0.497 e. The molecule has 0 radical (unpaired) electrons. The molecule has 3 rings (SSSR count). The van der Waals surface area contributed by atoms with Crippen molar-refractivity contribution in [2.24, 2.45) is 0 Å². The van der Waals surface area contributed by atoms with Crippen molar-refractivity contribution in [1.29, 1.82) is 0 Å². The SMILES string of the molecule is COc1cccc(Nc2nc(-c3cnc(NC(C)=O)s3)c(C)s2)c1. The number of rotatable bonds is 5. The molecule has 1 aromatic carbocycles. The fourth-order valence-corrected chi connectivity index (χ4v) is 3.92. The predicted octanol–water partition coefficient (Wildman–Crippen LogP) is 4.29. The summed E-state index contributed by atoms with van der Waals surface area (Å²) in [5, 5.41) is 7.35. The second kappa shape index (κ2) is 6.98. The van der Waals surface area contributed by atoms with Gasteiger partial charge in [-0.1, -0.05) is 17.4 Å².